The molecule has 0 spiro atoms. The van der Waals surface area contributed by atoms with Gasteiger partial charge in [-0.1, -0.05) is 42.5 Å². The number of hydrogen-bond acceptors (Lipinski definition) is 2. The molecule has 0 bridgehead atoms. The van der Waals surface area contributed by atoms with E-state index in [1.165, 1.54) is 5.56 Å². The van der Waals surface area contributed by atoms with E-state index in [2.05, 4.69) is 17.4 Å². The molecule has 0 saturated carbocycles. The Morgan fingerprint density at radius 1 is 0.923 bits per heavy atom. The maximum absolute atomic E-state index is 12.4. The second kappa shape index (κ2) is 8.34. The van der Waals surface area contributed by atoms with Crippen LogP contribution in [0.25, 0.3) is 0 Å². The maximum Gasteiger partial charge on any atom is 0.255 e. The number of rotatable bonds is 6. The zero-order valence-electron chi connectivity index (χ0n) is 15.2. The lowest BCUT2D eigenvalue weighted by molar-refractivity contribution is 0.102. The summed E-state index contributed by atoms with van der Waals surface area (Å²) in [5.74, 6) is 0.652. The summed E-state index contributed by atoms with van der Waals surface area (Å²) < 4.78 is 5.77. The van der Waals surface area contributed by atoms with Gasteiger partial charge in [0.15, 0.2) is 0 Å². The summed E-state index contributed by atoms with van der Waals surface area (Å²) in [7, 11) is 0. The Hall–Kier alpha value is -3.07. The smallest absolute Gasteiger partial charge is 0.255 e. The first-order valence-corrected chi connectivity index (χ1v) is 8.77. The zero-order valence-corrected chi connectivity index (χ0v) is 15.2. The molecule has 0 aromatic heterocycles. The Kier molecular flexibility index (Phi) is 5.69. The molecule has 0 atom stereocenters. The number of aryl methyl sites for hydroxylation is 2. The highest BCUT2D eigenvalue weighted by Gasteiger charge is 2.08. The van der Waals surface area contributed by atoms with Gasteiger partial charge in [0, 0.05) is 17.7 Å². The van der Waals surface area contributed by atoms with Gasteiger partial charge in [-0.15, -0.1) is 0 Å². The minimum Gasteiger partial charge on any atom is -0.493 e. The molecule has 1 amide bonds. The fraction of sp³-hybridized carbons (Fsp3) is 0.174. The number of nitrogens with one attached hydrogen (secondary N) is 1. The van der Waals surface area contributed by atoms with E-state index < -0.39 is 0 Å². The average molecular weight is 345 g/mol. The molecule has 0 aliphatic rings. The van der Waals surface area contributed by atoms with Crippen LogP contribution in [0.5, 0.6) is 5.75 Å². The lowest BCUT2D eigenvalue weighted by atomic mass is 10.1. The highest BCUT2D eigenvalue weighted by molar-refractivity contribution is 6.04. The van der Waals surface area contributed by atoms with Gasteiger partial charge in [-0.3, -0.25) is 4.79 Å². The largest absolute Gasteiger partial charge is 0.493 e. The third-order valence-corrected chi connectivity index (χ3v) is 4.26. The molecule has 3 nitrogen and oxygen atoms in total. The van der Waals surface area contributed by atoms with Crippen LogP contribution in [0.15, 0.2) is 72.8 Å². The van der Waals surface area contributed by atoms with E-state index >= 15 is 0 Å². The molecule has 0 unspecified atom stereocenters. The van der Waals surface area contributed by atoms with Crippen LogP contribution >= 0.6 is 0 Å². The van der Waals surface area contributed by atoms with E-state index in [0.29, 0.717) is 12.2 Å². The van der Waals surface area contributed by atoms with E-state index in [0.717, 1.165) is 29.0 Å². The molecule has 1 N–H and O–H groups in total. The van der Waals surface area contributed by atoms with E-state index in [9.17, 15) is 4.79 Å². The molecule has 0 aliphatic heterocycles. The summed E-state index contributed by atoms with van der Waals surface area (Å²) in [4.78, 5) is 12.4. The molecule has 132 valence electrons. The van der Waals surface area contributed by atoms with Gasteiger partial charge in [-0.05, 0) is 60.9 Å². The number of carbonyl (C=O) groups excluding carboxylic acids is 1. The summed E-state index contributed by atoms with van der Waals surface area (Å²) in [6, 6.07) is 23.5. The minimum atomic E-state index is -0.116. The number of amides is 1. The SMILES string of the molecule is Cc1ccc(C)c(NC(=O)c2ccc(OCCc3ccccc3)cc2)c1. The number of anilines is 1. The summed E-state index contributed by atoms with van der Waals surface area (Å²) in [5.41, 5.74) is 4.87. The van der Waals surface area contributed by atoms with Gasteiger partial charge in [0.2, 0.25) is 0 Å². The minimum absolute atomic E-state index is 0.116. The average Bonchev–Trinajstić information content (AvgIpc) is 2.66. The molecule has 0 saturated heterocycles. The second-order valence-corrected chi connectivity index (χ2v) is 6.38. The van der Waals surface area contributed by atoms with Crippen LogP contribution in [0, 0.1) is 13.8 Å². The summed E-state index contributed by atoms with van der Waals surface area (Å²) in [6.45, 7) is 4.60. The van der Waals surface area contributed by atoms with Crippen LogP contribution in [0.3, 0.4) is 0 Å². The van der Waals surface area contributed by atoms with Crippen molar-refractivity contribution < 1.29 is 9.53 Å². The molecule has 0 aliphatic carbocycles. The molecule has 3 rings (SSSR count). The van der Waals surface area contributed by atoms with Gasteiger partial charge >= 0.3 is 0 Å². The molecule has 0 radical (unpaired) electrons. The number of benzene rings is 3. The van der Waals surface area contributed by atoms with E-state index in [4.69, 9.17) is 4.74 Å². The van der Waals surface area contributed by atoms with Crippen molar-refractivity contribution in [1.82, 2.24) is 0 Å². The second-order valence-electron chi connectivity index (χ2n) is 6.38. The van der Waals surface area contributed by atoms with Crippen molar-refractivity contribution in [2.45, 2.75) is 20.3 Å². The van der Waals surface area contributed by atoms with Crippen molar-refractivity contribution in [2.24, 2.45) is 0 Å². The summed E-state index contributed by atoms with van der Waals surface area (Å²) in [5, 5.41) is 2.97. The number of carbonyl (C=O) groups is 1. The predicted octanol–water partition coefficient (Wildman–Crippen LogP) is 5.18. The lowest BCUT2D eigenvalue weighted by Crippen LogP contribution is -2.12. The quantitative estimate of drug-likeness (QED) is 0.669. The van der Waals surface area contributed by atoms with Crippen molar-refractivity contribution in [2.75, 3.05) is 11.9 Å². The lowest BCUT2D eigenvalue weighted by Gasteiger charge is -2.10. The molecular weight excluding hydrogens is 322 g/mol. The Morgan fingerprint density at radius 3 is 2.38 bits per heavy atom. The van der Waals surface area contributed by atoms with Crippen LogP contribution in [0.4, 0.5) is 5.69 Å². The van der Waals surface area contributed by atoms with Crippen LogP contribution in [-0.2, 0) is 6.42 Å². The van der Waals surface area contributed by atoms with Crippen molar-refractivity contribution in [3.8, 4) is 5.75 Å². The third kappa shape index (κ3) is 4.73. The van der Waals surface area contributed by atoms with Crippen molar-refractivity contribution in [3.63, 3.8) is 0 Å². The monoisotopic (exact) mass is 345 g/mol. The molecular formula is C23H23NO2. The fourth-order valence-electron chi connectivity index (χ4n) is 2.70. The molecule has 0 fully saturated rings. The third-order valence-electron chi connectivity index (χ3n) is 4.26. The highest BCUT2D eigenvalue weighted by atomic mass is 16.5. The molecule has 3 aromatic rings. The normalized spacial score (nSPS) is 10.4. The molecule has 26 heavy (non-hydrogen) atoms. The molecule has 3 heteroatoms. The van der Waals surface area contributed by atoms with Gasteiger partial charge in [-0.25, -0.2) is 0 Å². The first-order valence-electron chi connectivity index (χ1n) is 8.77. The first kappa shape index (κ1) is 17.7. The fourth-order valence-corrected chi connectivity index (χ4v) is 2.70. The molecule has 3 aromatic carbocycles. The Labute approximate surface area is 154 Å². The predicted molar refractivity (Wildman–Crippen MR) is 106 cm³/mol. The Morgan fingerprint density at radius 2 is 1.65 bits per heavy atom. The zero-order chi connectivity index (χ0) is 18.4. The van der Waals surface area contributed by atoms with Gasteiger partial charge in [0.25, 0.3) is 5.91 Å². The van der Waals surface area contributed by atoms with Crippen LogP contribution in [0.1, 0.15) is 27.0 Å². The highest BCUT2D eigenvalue weighted by Crippen LogP contribution is 2.19. The molecule has 0 heterocycles. The standard InChI is InChI=1S/C23H23NO2/c1-17-8-9-18(2)22(16-17)24-23(25)20-10-12-21(13-11-20)26-15-14-19-6-4-3-5-7-19/h3-13,16H,14-15H2,1-2H3,(H,24,25). The maximum atomic E-state index is 12.4. The van der Waals surface area contributed by atoms with Crippen LogP contribution in [-0.4, -0.2) is 12.5 Å². The number of ether oxygens (including phenoxy) is 1. The topological polar surface area (TPSA) is 38.3 Å². The van der Waals surface area contributed by atoms with Crippen molar-refractivity contribution in [1.29, 1.82) is 0 Å². The van der Waals surface area contributed by atoms with Crippen LogP contribution in [0.2, 0.25) is 0 Å². The summed E-state index contributed by atoms with van der Waals surface area (Å²) >= 11 is 0. The van der Waals surface area contributed by atoms with Gasteiger partial charge in [0.05, 0.1) is 6.61 Å². The van der Waals surface area contributed by atoms with Gasteiger partial charge in [0.1, 0.15) is 5.75 Å². The van der Waals surface area contributed by atoms with E-state index in [-0.39, 0.29) is 5.91 Å². The Balaban J connectivity index is 1.56. The van der Waals surface area contributed by atoms with Crippen molar-refractivity contribution in [3.05, 3.63) is 95.1 Å². The van der Waals surface area contributed by atoms with E-state index in [1.54, 1.807) is 12.1 Å². The van der Waals surface area contributed by atoms with Gasteiger partial charge < -0.3 is 10.1 Å². The Bertz CT molecular complexity index is 870. The van der Waals surface area contributed by atoms with Crippen molar-refractivity contribution >= 4 is 11.6 Å². The first-order chi connectivity index (χ1) is 12.6. The van der Waals surface area contributed by atoms with E-state index in [1.807, 2.05) is 62.4 Å². The summed E-state index contributed by atoms with van der Waals surface area (Å²) in [6.07, 6.45) is 0.857. The van der Waals surface area contributed by atoms with Gasteiger partial charge in [-0.2, -0.15) is 0 Å². The number of hydrogen-bond donors (Lipinski definition) is 1. The van der Waals surface area contributed by atoms with Crippen LogP contribution < -0.4 is 10.1 Å².